The first kappa shape index (κ1) is 13.6. The van der Waals surface area contributed by atoms with Crippen LogP contribution in [0.3, 0.4) is 0 Å². The molecule has 0 atom stereocenters. The van der Waals surface area contributed by atoms with E-state index in [2.05, 4.69) is 93.0 Å². The number of hydrogen-bond acceptors (Lipinski definition) is 0. The maximum atomic E-state index is 2.19. The van der Waals surface area contributed by atoms with Crippen LogP contribution in [0.25, 0.3) is 22.9 Å². The molecule has 0 radical (unpaired) electrons. The van der Waals surface area contributed by atoms with Crippen molar-refractivity contribution in [1.82, 2.24) is 0 Å². The van der Waals surface area contributed by atoms with Gasteiger partial charge in [0, 0.05) is 0 Å². The van der Waals surface area contributed by atoms with Crippen molar-refractivity contribution in [2.75, 3.05) is 14.1 Å². The van der Waals surface area contributed by atoms with Crippen molar-refractivity contribution < 1.29 is 4.90 Å². The molecule has 0 saturated heterocycles. The average molecular weight is 274 g/mol. The second kappa shape index (κ2) is 5.94. The topological polar surface area (TPSA) is 4.44 Å². The summed E-state index contributed by atoms with van der Waals surface area (Å²) in [6.45, 7) is 0. The van der Waals surface area contributed by atoms with E-state index in [9.17, 15) is 0 Å². The summed E-state index contributed by atoms with van der Waals surface area (Å²) in [7, 11) is 4.28. The predicted octanol–water partition coefficient (Wildman–Crippen LogP) is 3.79. The predicted molar refractivity (Wildman–Crippen MR) is 91.8 cm³/mol. The van der Waals surface area contributed by atoms with Gasteiger partial charge in [-0.15, -0.1) is 0 Å². The van der Waals surface area contributed by atoms with Gasteiger partial charge in [-0.05, 0) is 46.2 Å². The molecule has 0 aliphatic heterocycles. The first-order chi connectivity index (χ1) is 10.2. The lowest BCUT2D eigenvalue weighted by Crippen LogP contribution is -3.00. The van der Waals surface area contributed by atoms with Crippen LogP contribution >= 0.6 is 0 Å². The standard InChI is InChI=1S/C20H19N/c1-21(2)19-14-11-16(12-15-19)10-13-18-8-5-7-17-6-3-4-9-20(17)18/h3-15H,1-2H3/p+1/b13-10+. The quantitative estimate of drug-likeness (QED) is 0.693. The van der Waals surface area contributed by atoms with Crippen molar-refractivity contribution in [1.29, 1.82) is 0 Å². The van der Waals surface area contributed by atoms with Crippen molar-refractivity contribution in [3.63, 3.8) is 0 Å². The van der Waals surface area contributed by atoms with E-state index in [1.807, 2.05) is 0 Å². The second-order valence-corrected chi connectivity index (χ2v) is 5.52. The van der Waals surface area contributed by atoms with Crippen LogP contribution in [0.15, 0.2) is 66.7 Å². The van der Waals surface area contributed by atoms with Gasteiger partial charge in [0.05, 0.1) is 14.1 Å². The molecule has 0 unspecified atom stereocenters. The minimum absolute atomic E-state index is 1.23. The number of hydrogen-bond donors (Lipinski definition) is 1. The highest BCUT2D eigenvalue weighted by atomic mass is 15.1. The Labute approximate surface area is 126 Å². The molecule has 0 heterocycles. The van der Waals surface area contributed by atoms with Gasteiger partial charge in [0.25, 0.3) is 0 Å². The second-order valence-electron chi connectivity index (χ2n) is 5.52. The van der Waals surface area contributed by atoms with E-state index < -0.39 is 0 Å². The van der Waals surface area contributed by atoms with E-state index in [4.69, 9.17) is 0 Å². The Bertz CT molecular complexity index is 762. The summed E-state index contributed by atoms with van der Waals surface area (Å²) in [6, 6.07) is 23.6. The Morgan fingerprint density at radius 3 is 2.19 bits per heavy atom. The molecule has 0 spiro atoms. The molecule has 1 heteroatoms. The third kappa shape index (κ3) is 3.04. The normalized spacial score (nSPS) is 11.6. The summed E-state index contributed by atoms with van der Waals surface area (Å²) >= 11 is 0. The summed E-state index contributed by atoms with van der Waals surface area (Å²) in [4.78, 5) is 1.35. The molecule has 3 aromatic rings. The van der Waals surface area contributed by atoms with Crippen LogP contribution in [0.5, 0.6) is 0 Å². The van der Waals surface area contributed by atoms with E-state index >= 15 is 0 Å². The lowest BCUT2D eigenvalue weighted by molar-refractivity contribution is -0.786. The molecule has 3 rings (SSSR count). The lowest BCUT2D eigenvalue weighted by atomic mass is 10.0. The van der Waals surface area contributed by atoms with E-state index in [1.165, 1.54) is 32.5 Å². The minimum atomic E-state index is 1.23. The van der Waals surface area contributed by atoms with Crippen molar-refractivity contribution >= 4 is 28.6 Å². The minimum Gasteiger partial charge on any atom is -0.307 e. The van der Waals surface area contributed by atoms with Crippen LogP contribution in [-0.2, 0) is 0 Å². The number of benzene rings is 3. The van der Waals surface area contributed by atoms with Gasteiger partial charge in [-0.25, -0.2) is 0 Å². The van der Waals surface area contributed by atoms with E-state index in [0.29, 0.717) is 0 Å². The summed E-state index contributed by atoms with van der Waals surface area (Å²) in [5.41, 5.74) is 3.79. The fourth-order valence-electron chi connectivity index (χ4n) is 2.51. The van der Waals surface area contributed by atoms with Gasteiger partial charge >= 0.3 is 0 Å². The fraction of sp³-hybridized carbons (Fsp3) is 0.100. The van der Waals surface area contributed by atoms with Crippen LogP contribution in [-0.4, -0.2) is 14.1 Å². The Morgan fingerprint density at radius 1 is 0.714 bits per heavy atom. The third-order valence-corrected chi connectivity index (χ3v) is 3.77. The van der Waals surface area contributed by atoms with Gasteiger partial charge in [-0.3, -0.25) is 0 Å². The molecule has 0 amide bonds. The van der Waals surface area contributed by atoms with Crippen LogP contribution in [0.2, 0.25) is 0 Å². The molecule has 0 saturated carbocycles. The van der Waals surface area contributed by atoms with Gasteiger partial charge in [-0.1, -0.05) is 54.6 Å². The molecule has 0 aliphatic rings. The summed E-state index contributed by atoms with van der Waals surface area (Å²) in [6.07, 6.45) is 4.37. The summed E-state index contributed by atoms with van der Waals surface area (Å²) in [5, 5.41) is 2.58. The molecule has 104 valence electrons. The Kier molecular flexibility index (Phi) is 3.85. The van der Waals surface area contributed by atoms with E-state index in [1.54, 1.807) is 0 Å². The van der Waals surface area contributed by atoms with Gasteiger partial charge in [0.15, 0.2) is 0 Å². The number of quaternary nitrogens is 1. The van der Waals surface area contributed by atoms with E-state index in [-0.39, 0.29) is 0 Å². The lowest BCUT2D eigenvalue weighted by Gasteiger charge is -2.06. The highest BCUT2D eigenvalue weighted by Gasteiger charge is 1.99. The molecule has 0 bridgehead atoms. The van der Waals surface area contributed by atoms with Gasteiger partial charge in [-0.2, -0.15) is 0 Å². The van der Waals surface area contributed by atoms with Crippen LogP contribution < -0.4 is 4.90 Å². The van der Waals surface area contributed by atoms with Crippen molar-refractivity contribution in [3.8, 4) is 0 Å². The summed E-state index contributed by atoms with van der Waals surface area (Å²) < 4.78 is 0. The molecule has 3 aromatic carbocycles. The molecule has 0 aliphatic carbocycles. The molecular formula is C20H20N+. The van der Waals surface area contributed by atoms with Crippen LogP contribution in [0.4, 0.5) is 5.69 Å². The summed E-state index contributed by atoms with van der Waals surface area (Å²) in [5.74, 6) is 0. The SMILES string of the molecule is C[NH+](C)c1ccc(/C=C/c2cccc3ccccc23)cc1. The largest absolute Gasteiger partial charge is 0.307 e. The zero-order valence-corrected chi connectivity index (χ0v) is 12.5. The van der Waals surface area contributed by atoms with Crippen molar-refractivity contribution in [2.45, 2.75) is 0 Å². The number of nitrogens with one attached hydrogen (secondary N) is 1. The monoisotopic (exact) mass is 274 g/mol. The highest BCUT2D eigenvalue weighted by molar-refractivity contribution is 5.92. The van der Waals surface area contributed by atoms with Crippen molar-refractivity contribution in [3.05, 3.63) is 77.9 Å². The number of fused-ring (bicyclic) bond motifs is 1. The molecule has 0 aromatic heterocycles. The zero-order chi connectivity index (χ0) is 14.7. The fourth-order valence-corrected chi connectivity index (χ4v) is 2.51. The molecule has 1 N–H and O–H groups in total. The molecule has 1 nitrogen and oxygen atoms in total. The first-order valence-electron chi connectivity index (χ1n) is 7.30. The Morgan fingerprint density at radius 2 is 1.43 bits per heavy atom. The van der Waals surface area contributed by atoms with Gasteiger partial charge in [0.2, 0.25) is 0 Å². The first-order valence-corrected chi connectivity index (χ1v) is 7.30. The van der Waals surface area contributed by atoms with Crippen LogP contribution in [0.1, 0.15) is 11.1 Å². The molecular weight excluding hydrogens is 254 g/mol. The molecule has 21 heavy (non-hydrogen) atoms. The number of rotatable bonds is 3. The average Bonchev–Trinajstić information content (AvgIpc) is 2.53. The maximum absolute atomic E-state index is 2.19. The molecule has 0 fully saturated rings. The van der Waals surface area contributed by atoms with E-state index in [0.717, 1.165) is 0 Å². The van der Waals surface area contributed by atoms with Gasteiger partial charge < -0.3 is 4.90 Å². The highest BCUT2D eigenvalue weighted by Crippen LogP contribution is 2.20. The maximum Gasteiger partial charge on any atom is 0.130 e. The zero-order valence-electron chi connectivity index (χ0n) is 12.5. The van der Waals surface area contributed by atoms with Gasteiger partial charge in [0.1, 0.15) is 5.69 Å². The van der Waals surface area contributed by atoms with Crippen LogP contribution in [0, 0.1) is 0 Å². The Hall–Kier alpha value is -2.38. The van der Waals surface area contributed by atoms with Crippen molar-refractivity contribution in [2.24, 2.45) is 0 Å². The smallest absolute Gasteiger partial charge is 0.130 e. The Balaban J connectivity index is 1.91. The third-order valence-electron chi connectivity index (χ3n) is 3.77.